The summed E-state index contributed by atoms with van der Waals surface area (Å²) >= 11 is 0. The molecule has 1 unspecified atom stereocenters. The second-order valence-electron chi connectivity index (χ2n) is 7.81. The molecule has 2 aliphatic rings. The Kier molecular flexibility index (Phi) is 4.61. The number of fused-ring (bicyclic) bond motifs is 2. The summed E-state index contributed by atoms with van der Waals surface area (Å²) in [6.45, 7) is 1.25. The molecule has 0 bridgehead atoms. The molecule has 1 atom stereocenters. The van der Waals surface area contributed by atoms with Gasteiger partial charge in [-0.25, -0.2) is 13.2 Å². The number of nitrogens with one attached hydrogen (secondary N) is 1. The van der Waals surface area contributed by atoms with Gasteiger partial charge >= 0.3 is 5.97 Å². The van der Waals surface area contributed by atoms with Crippen LogP contribution < -0.4 is 5.32 Å². The second kappa shape index (κ2) is 6.84. The maximum absolute atomic E-state index is 12.8. The first kappa shape index (κ1) is 18.9. The number of nitrogens with zero attached hydrogens (tertiary/aromatic N) is 1. The molecule has 0 saturated carbocycles. The van der Waals surface area contributed by atoms with E-state index in [0.29, 0.717) is 12.0 Å². The van der Waals surface area contributed by atoms with Crippen LogP contribution in [0.15, 0.2) is 24.3 Å². The number of carbonyl (C=O) groups excluding carboxylic acids is 2. The Morgan fingerprint density at radius 1 is 1.25 bits per heavy atom. The summed E-state index contributed by atoms with van der Waals surface area (Å²) in [5.41, 5.74) is 2.23. The predicted octanol–water partition coefficient (Wildman–Crippen LogP) is 1.57. The summed E-state index contributed by atoms with van der Waals surface area (Å²) in [6.07, 6.45) is 2.89. The summed E-state index contributed by atoms with van der Waals surface area (Å²) < 4.78 is 28.6. The second-order valence-corrected chi connectivity index (χ2v) is 9.99. The highest BCUT2D eigenvalue weighted by atomic mass is 32.2. The van der Waals surface area contributed by atoms with Crippen molar-refractivity contribution in [1.82, 2.24) is 10.3 Å². The lowest BCUT2D eigenvalue weighted by atomic mass is 10.0. The molecule has 148 valence electrons. The van der Waals surface area contributed by atoms with E-state index < -0.39 is 33.9 Å². The van der Waals surface area contributed by atoms with Crippen LogP contribution in [0.3, 0.4) is 0 Å². The Balaban J connectivity index is 1.50. The number of hydrogen-bond acceptors (Lipinski definition) is 6. The van der Waals surface area contributed by atoms with Crippen LogP contribution in [0, 0.1) is 0 Å². The minimum Gasteiger partial charge on any atom is -0.452 e. The zero-order valence-electron chi connectivity index (χ0n) is 15.7. The van der Waals surface area contributed by atoms with Gasteiger partial charge in [0.25, 0.3) is 5.91 Å². The third kappa shape index (κ3) is 3.61. The van der Waals surface area contributed by atoms with E-state index in [9.17, 15) is 18.0 Å². The number of benzene rings is 1. The molecule has 1 aliphatic carbocycles. The van der Waals surface area contributed by atoms with Crippen molar-refractivity contribution in [3.63, 3.8) is 0 Å². The fourth-order valence-corrected chi connectivity index (χ4v) is 6.22. The maximum atomic E-state index is 12.8. The lowest BCUT2D eigenvalue weighted by Crippen LogP contribution is -2.48. The highest BCUT2D eigenvalue weighted by molar-refractivity contribution is 7.91. The van der Waals surface area contributed by atoms with Gasteiger partial charge in [0.05, 0.1) is 28.1 Å². The fraction of sp³-hybridized carbons (Fsp3) is 0.450. The summed E-state index contributed by atoms with van der Waals surface area (Å²) in [7, 11) is -3.13. The van der Waals surface area contributed by atoms with E-state index in [0.717, 1.165) is 41.4 Å². The average molecular weight is 402 g/mol. The maximum Gasteiger partial charge on any atom is 0.339 e. The lowest BCUT2D eigenvalue weighted by molar-refractivity contribution is -0.125. The number of rotatable bonds is 4. The molecule has 2 heterocycles. The van der Waals surface area contributed by atoms with E-state index in [1.54, 1.807) is 6.92 Å². The van der Waals surface area contributed by atoms with Gasteiger partial charge in [0, 0.05) is 11.1 Å². The minimum absolute atomic E-state index is 0.0543. The molecule has 28 heavy (non-hydrogen) atoms. The van der Waals surface area contributed by atoms with E-state index in [1.165, 1.54) is 0 Å². The standard InChI is InChI=1S/C20H22N2O5S/c1-20(9-10-28(25,26)12-20)22-17(23)11-27-19(24)18-13-5-2-3-7-15(13)21-16-8-4-6-14(16)18/h2-3,5,7H,4,6,8-12H2,1H3,(H,22,23). The van der Waals surface area contributed by atoms with Crippen molar-refractivity contribution >= 4 is 32.6 Å². The van der Waals surface area contributed by atoms with E-state index >= 15 is 0 Å². The SMILES string of the molecule is CC1(NC(=O)COC(=O)c2c3c(nc4ccccc24)CCC3)CCS(=O)(=O)C1. The normalized spacial score (nSPS) is 22.8. The van der Waals surface area contributed by atoms with Gasteiger partial charge < -0.3 is 10.1 Å². The van der Waals surface area contributed by atoms with Crippen molar-refractivity contribution in [2.45, 2.75) is 38.1 Å². The first-order valence-electron chi connectivity index (χ1n) is 9.35. The van der Waals surface area contributed by atoms with Gasteiger partial charge in [-0.15, -0.1) is 0 Å². The van der Waals surface area contributed by atoms with E-state index in [1.807, 2.05) is 24.3 Å². The first-order valence-corrected chi connectivity index (χ1v) is 11.2. The number of carbonyl (C=O) groups is 2. The van der Waals surface area contributed by atoms with Gasteiger partial charge in [-0.2, -0.15) is 0 Å². The van der Waals surface area contributed by atoms with Crippen LogP contribution in [0.4, 0.5) is 0 Å². The number of pyridine rings is 1. The van der Waals surface area contributed by atoms with Crippen LogP contribution >= 0.6 is 0 Å². The number of sulfone groups is 1. The van der Waals surface area contributed by atoms with Gasteiger partial charge in [0.2, 0.25) is 0 Å². The van der Waals surface area contributed by atoms with Crippen LogP contribution in [0.2, 0.25) is 0 Å². The van der Waals surface area contributed by atoms with Crippen LogP contribution in [-0.4, -0.2) is 48.9 Å². The molecule has 7 nitrogen and oxygen atoms in total. The Labute approximate surface area is 163 Å². The van der Waals surface area contributed by atoms with Gasteiger partial charge in [-0.1, -0.05) is 18.2 Å². The Morgan fingerprint density at radius 2 is 2.04 bits per heavy atom. The van der Waals surface area contributed by atoms with Gasteiger partial charge in [0.1, 0.15) is 0 Å². The summed E-state index contributed by atoms with van der Waals surface area (Å²) in [4.78, 5) is 29.7. The molecule has 1 N–H and O–H groups in total. The summed E-state index contributed by atoms with van der Waals surface area (Å²) in [5, 5.41) is 3.42. The van der Waals surface area contributed by atoms with Crippen molar-refractivity contribution < 1.29 is 22.7 Å². The zero-order valence-corrected chi connectivity index (χ0v) is 16.5. The lowest BCUT2D eigenvalue weighted by Gasteiger charge is -2.23. The van der Waals surface area contributed by atoms with Gasteiger partial charge in [0.15, 0.2) is 16.4 Å². The molecule has 1 aromatic carbocycles. The Bertz CT molecular complexity index is 1080. The number of aromatic nitrogens is 1. The van der Waals surface area contributed by atoms with Crippen LogP contribution in [0.5, 0.6) is 0 Å². The number of hydrogen-bond donors (Lipinski definition) is 1. The third-order valence-electron chi connectivity index (χ3n) is 5.40. The zero-order chi connectivity index (χ0) is 19.9. The van der Waals surface area contributed by atoms with E-state index in [4.69, 9.17) is 4.74 Å². The molecule has 1 aromatic heterocycles. The Hall–Kier alpha value is -2.48. The van der Waals surface area contributed by atoms with Crippen LogP contribution in [0.1, 0.15) is 41.4 Å². The topological polar surface area (TPSA) is 102 Å². The number of ether oxygens (including phenoxy) is 1. The number of aryl methyl sites for hydroxylation is 1. The molecule has 0 radical (unpaired) electrons. The number of esters is 1. The third-order valence-corrected chi connectivity index (χ3v) is 7.31. The molecule has 1 saturated heterocycles. The highest BCUT2D eigenvalue weighted by Gasteiger charge is 2.39. The van der Waals surface area contributed by atoms with Crippen molar-refractivity contribution in [3.8, 4) is 0 Å². The van der Waals surface area contributed by atoms with Gasteiger partial charge in [-0.05, 0) is 44.2 Å². The molecular formula is C20H22N2O5S. The van der Waals surface area contributed by atoms with Crippen molar-refractivity contribution in [2.75, 3.05) is 18.1 Å². The summed E-state index contributed by atoms with van der Waals surface area (Å²) in [5.74, 6) is -1.08. The minimum atomic E-state index is -3.13. The highest BCUT2D eigenvalue weighted by Crippen LogP contribution is 2.30. The van der Waals surface area contributed by atoms with Crippen LogP contribution in [-0.2, 0) is 32.2 Å². The molecule has 1 fully saturated rings. The fourth-order valence-electron chi connectivity index (χ4n) is 4.13. The number of amides is 1. The molecular weight excluding hydrogens is 380 g/mol. The van der Waals surface area contributed by atoms with Crippen molar-refractivity contribution in [2.24, 2.45) is 0 Å². The van der Waals surface area contributed by atoms with Gasteiger partial charge in [-0.3, -0.25) is 9.78 Å². The van der Waals surface area contributed by atoms with Crippen molar-refractivity contribution in [1.29, 1.82) is 0 Å². The molecule has 1 aliphatic heterocycles. The molecule has 4 rings (SSSR count). The largest absolute Gasteiger partial charge is 0.452 e. The molecule has 2 aromatic rings. The predicted molar refractivity (Wildman–Crippen MR) is 104 cm³/mol. The van der Waals surface area contributed by atoms with Crippen LogP contribution in [0.25, 0.3) is 10.9 Å². The molecule has 0 spiro atoms. The smallest absolute Gasteiger partial charge is 0.339 e. The molecule has 8 heteroatoms. The summed E-state index contributed by atoms with van der Waals surface area (Å²) in [6, 6.07) is 7.41. The molecule has 1 amide bonds. The Morgan fingerprint density at radius 3 is 2.79 bits per heavy atom. The average Bonchev–Trinajstić information content (AvgIpc) is 3.20. The van der Waals surface area contributed by atoms with E-state index in [-0.39, 0.29) is 11.5 Å². The first-order chi connectivity index (χ1) is 13.3. The quantitative estimate of drug-likeness (QED) is 0.779. The monoisotopic (exact) mass is 402 g/mol. The number of para-hydroxylation sites is 1. The van der Waals surface area contributed by atoms with E-state index in [2.05, 4.69) is 10.3 Å². The van der Waals surface area contributed by atoms with Crippen molar-refractivity contribution in [3.05, 3.63) is 41.1 Å².